The van der Waals surface area contributed by atoms with Gasteiger partial charge >= 0.3 is 0 Å². The molecule has 22 heavy (non-hydrogen) atoms. The molecule has 0 atom stereocenters. The van der Waals surface area contributed by atoms with Crippen LogP contribution in [0.25, 0.3) is 0 Å². The molecule has 0 amide bonds. The van der Waals surface area contributed by atoms with Crippen LogP contribution in [-0.2, 0) is 13.2 Å². The summed E-state index contributed by atoms with van der Waals surface area (Å²) in [6.45, 7) is 1.15. The van der Waals surface area contributed by atoms with E-state index in [2.05, 4.69) is 15.3 Å². The second-order valence-electron chi connectivity index (χ2n) is 4.58. The molecule has 0 saturated heterocycles. The number of rotatable bonds is 6. The molecule has 0 radical (unpaired) electrons. The highest BCUT2D eigenvalue weighted by Gasteiger charge is 2.05. The molecule has 112 valence electrons. The Hall–Kier alpha value is -2.11. The van der Waals surface area contributed by atoms with Gasteiger partial charge in [0.05, 0.1) is 12.2 Å². The van der Waals surface area contributed by atoms with Crippen LogP contribution in [0, 0.1) is 0 Å². The summed E-state index contributed by atoms with van der Waals surface area (Å²) in [5.74, 6) is 0.807. The maximum absolute atomic E-state index is 5.88. The molecule has 0 bridgehead atoms. The summed E-state index contributed by atoms with van der Waals surface area (Å²) in [4.78, 5) is 9.19. The Bertz CT molecular complexity index is 733. The number of hydrogen-bond donors (Lipinski definition) is 1. The molecule has 0 aliphatic heterocycles. The van der Waals surface area contributed by atoms with E-state index in [1.165, 1.54) is 11.3 Å². The Morgan fingerprint density at radius 1 is 1.14 bits per heavy atom. The van der Waals surface area contributed by atoms with E-state index >= 15 is 0 Å². The van der Waals surface area contributed by atoms with Gasteiger partial charge in [-0.05, 0) is 18.2 Å². The van der Waals surface area contributed by atoms with Crippen LogP contribution in [0.2, 0.25) is 4.47 Å². The van der Waals surface area contributed by atoms with E-state index in [0.717, 1.165) is 21.9 Å². The molecule has 2 heterocycles. The average Bonchev–Trinajstić information content (AvgIpc) is 2.98. The van der Waals surface area contributed by atoms with Crippen molar-refractivity contribution in [1.82, 2.24) is 9.97 Å². The van der Waals surface area contributed by atoms with Crippen molar-refractivity contribution in [3.05, 3.63) is 69.9 Å². The summed E-state index contributed by atoms with van der Waals surface area (Å²) >= 11 is 7.31. The van der Waals surface area contributed by atoms with E-state index in [0.29, 0.717) is 17.6 Å². The predicted octanol–water partition coefficient (Wildman–Crippen LogP) is 4.38. The third-order valence-corrected chi connectivity index (χ3v) is 4.10. The van der Waals surface area contributed by atoms with Crippen LogP contribution in [0.3, 0.4) is 0 Å². The van der Waals surface area contributed by atoms with Gasteiger partial charge in [-0.1, -0.05) is 29.8 Å². The number of nitrogens with one attached hydrogen (secondary N) is 1. The van der Waals surface area contributed by atoms with Gasteiger partial charge in [-0.2, -0.15) is 0 Å². The molecule has 1 N–H and O–H groups in total. The number of halogens is 1. The van der Waals surface area contributed by atoms with Crippen molar-refractivity contribution in [3.8, 4) is 5.75 Å². The number of hydrogen-bond acceptors (Lipinski definition) is 5. The Balaban J connectivity index is 1.64. The molecule has 0 saturated carbocycles. The third-order valence-electron chi connectivity index (χ3n) is 2.98. The van der Waals surface area contributed by atoms with Crippen molar-refractivity contribution < 1.29 is 4.74 Å². The SMILES string of the molecule is Clc1ncc(CNc2ccccc2OCc2cccnc2)s1. The second-order valence-corrected chi connectivity index (χ2v) is 6.28. The van der Waals surface area contributed by atoms with Gasteiger partial charge in [0.25, 0.3) is 0 Å². The quantitative estimate of drug-likeness (QED) is 0.728. The normalized spacial score (nSPS) is 10.4. The molecule has 0 aliphatic carbocycles. The van der Waals surface area contributed by atoms with Gasteiger partial charge in [0.1, 0.15) is 12.4 Å². The Labute approximate surface area is 137 Å². The van der Waals surface area contributed by atoms with Crippen molar-refractivity contribution in [3.63, 3.8) is 0 Å². The number of anilines is 1. The fourth-order valence-electron chi connectivity index (χ4n) is 1.93. The van der Waals surface area contributed by atoms with E-state index in [9.17, 15) is 0 Å². The highest BCUT2D eigenvalue weighted by molar-refractivity contribution is 7.15. The van der Waals surface area contributed by atoms with Gasteiger partial charge < -0.3 is 10.1 Å². The molecule has 0 unspecified atom stereocenters. The molecular weight excluding hydrogens is 318 g/mol. The lowest BCUT2D eigenvalue weighted by molar-refractivity contribution is 0.307. The Morgan fingerprint density at radius 3 is 2.82 bits per heavy atom. The van der Waals surface area contributed by atoms with Gasteiger partial charge in [0.2, 0.25) is 0 Å². The summed E-state index contributed by atoms with van der Waals surface area (Å²) in [5.41, 5.74) is 1.97. The fraction of sp³-hybridized carbons (Fsp3) is 0.125. The lowest BCUT2D eigenvalue weighted by Gasteiger charge is -2.12. The highest BCUT2D eigenvalue weighted by atomic mass is 35.5. The lowest BCUT2D eigenvalue weighted by atomic mass is 10.2. The lowest BCUT2D eigenvalue weighted by Crippen LogP contribution is -2.02. The smallest absolute Gasteiger partial charge is 0.183 e. The first-order valence-corrected chi connectivity index (χ1v) is 7.95. The monoisotopic (exact) mass is 331 g/mol. The van der Waals surface area contributed by atoms with Crippen LogP contribution >= 0.6 is 22.9 Å². The minimum atomic E-state index is 0.485. The van der Waals surface area contributed by atoms with E-state index in [1.807, 2.05) is 36.4 Å². The molecule has 3 aromatic rings. The van der Waals surface area contributed by atoms with E-state index in [1.54, 1.807) is 18.6 Å². The number of benzene rings is 1. The molecule has 0 fully saturated rings. The first-order valence-electron chi connectivity index (χ1n) is 6.76. The maximum Gasteiger partial charge on any atom is 0.183 e. The third kappa shape index (κ3) is 3.96. The van der Waals surface area contributed by atoms with Crippen LogP contribution in [0.5, 0.6) is 5.75 Å². The molecule has 1 aromatic carbocycles. The van der Waals surface area contributed by atoms with Crippen LogP contribution < -0.4 is 10.1 Å². The van der Waals surface area contributed by atoms with Crippen molar-refractivity contribution in [2.24, 2.45) is 0 Å². The fourth-order valence-corrected chi connectivity index (χ4v) is 2.85. The number of pyridine rings is 1. The number of thiazole rings is 1. The van der Waals surface area contributed by atoms with Gasteiger partial charge in [-0.3, -0.25) is 4.98 Å². The number of aromatic nitrogens is 2. The molecule has 0 spiro atoms. The van der Waals surface area contributed by atoms with Crippen molar-refractivity contribution in [1.29, 1.82) is 0 Å². The standard InChI is InChI=1S/C16H14ClN3OS/c17-16-20-10-13(22-16)9-19-14-5-1-2-6-15(14)21-11-12-4-3-7-18-8-12/h1-8,10,19H,9,11H2. The summed E-state index contributed by atoms with van der Waals surface area (Å²) in [7, 11) is 0. The van der Waals surface area contributed by atoms with Gasteiger partial charge in [-0.25, -0.2) is 4.98 Å². The number of para-hydroxylation sites is 2. The summed E-state index contributed by atoms with van der Waals surface area (Å²) in [6, 6.07) is 11.7. The largest absolute Gasteiger partial charge is 0.487 e. The maximum atomic E-state index is 5.88. The van der Waals surface area contributed by atoms with Gasteiger partial charge in [0, 0.05) is 29.0 Å². The Morgan fingerprint density at radius 2 is 2.05 bits per heavy atom. The van der Waals surface area contributed by atoms with E-state index in [4.69, 9.17) is 16.3 Å². The predicted molar refractivity (Wildman–Crippen MR) is 89.5 cm³/mol. The van der Waals surface area contributed by atoms with E-state index < -0.39 is 0 Å². The number of nitrogens with zero attached hydrogens (tertiary/aromatic N) is 2. The molecule has 0 aliphatic rings. The minimum absolute atomic E-state index is 0.485. The van der Waals surface area contributed by atoms with Crippen molar-refractivity contribution in [2.75, 3.05) is 5.32 Å². The van der Waals surface area contributed by atoms with E-state index in [-0.39, 0.29) is 0 Å². The van der Waals surface area contributed by atoms with Crippen LogP contribution in [-0.4, -0.2) is 9.97 Å². The number of ether oxygens (including phenoxy) is 1. The zero-order chi connectivity index (χ0) is 15.2. The summed E-state index contributed by atoms with van der Waals surface area (Å²) in [6.07, 6.45) is 5.33. The van der Waals surface area contributed by atoms with Crippen LogP contribution in [0.15, 0.2) is 55.0 Å². The van der Waals surface area contributed by atoms with Crippen LogP contribution in [0.1, 0.15) is 10.4 Å². The molecule has 3 rings (SSSR count). The summed E-state index contributed by atoms with van der Waals surface area (Å²) < 4.78 is 6.43. The topological polar surface area (TPSA) is 47.0 Å². The zero-order valence-corrected chi connectivity index (χ0v) is 13.3. The molecular formula is C16H14ClN3OS. The minimum Gasteiger partial charge on any atom is -0.487 e. The molecule has 2 aromatic heterocycles. The average molecular weight is 332 g/mol. The first-order chi connectivity index (χ1) is 10.8. The second kappa shape index (κ2) is 7.24. The van der Waals surface area contributed by atoms with Gasteiger partial charge in [-0.15, -0.1) is 11.3 Å². The van der Waals surface area contributed by atoms with Crippen molar-refractivity contribution >= 4 is 28.6 Å². The van der Waals surface area contributed by atoms with Crippen LogP contribution in [0.4, 0.5) is 5.69 Å². The summed E-state index contributed by atoms with van der Waals surface area (Å²) in [5, 5.41) is 3.35. The first kappa shape index (κ1) is 14.8. The zero-order valence-electron chi connectivity index (χ0n) is 11.7. The molecule has 6 heteroatoms. The molecule has 4 nitrogen and oxygen atoms in total. The van der Waals surface area contributed by atoms with Crippen molar-refractivity contribution in [2.45, 2.75) is 13.2 Å². The highest BCUT2D eigenvalue weighted by Crippen LogP contribution is 2.26. The van der Waals surface area contributed by atoms with Gasteiger partial charge in [0.15, 0.2) is 4.47 Å². The Kier molecular flexibility index (Phi) is 4.88.